The molecule has 4 nitrogen and oxygen atoms in total. The summed E-state index contributed by atoms with van der Waals surface area (Å²) in [5, 5.41) is 3.85. The summed E-state index contributed by atoms with van der Waals surface area (Å²) in [6.07, 6.45) is 3.45. The molecule has 1 atom stereocenters. The summed E-state index contributed by atoms with van der Waals surface area (Å²) in [5.41, 5.74) is 2.96. The van der Waals surface area contributed by atoms with Crippen LogP contribution in [0.15, 0.2) is 24.5 Å². The van der Waals surface area contributed by atoms with Crippen molar-refractivity contribution in [2.24, 2.45) is 0 Å². The fourth-order valence-corrected chi connectivity index (χ4v) is 1.62. The third kappa shape index (κ3) is 2.96. The lowest BCUT2D eigenvalue weighted by atomic mass is 10.2. The summed E-state index contributed by atoms with van der Waals surface area (Å²) in [6, 6.07) is 3.74. The topological polar surface area (TPSA) is 50.7 Å². The van der Waals surface area contributed by atoms with E-state index in [2.05, 4.69) is 20.3 Å². The predicted octanol–water partition coefficient (Wildman–Crippen LogP) is 3.31. The Hall–Kier alpha value is -1.68. The van der Waals surface area contributed by atoms with Crippen LogP contribution in [-0.2, 0) is 0 Å². The summed E-state index contributed by atoms with van der Waals surface area (Å²) in [5.74, 6) is 0.613. The highest BCUT2D eigenvalue weighted by Crippen LogP contribution is 2.17. The highest BCUT2D eigenvalue weighted by atomic mass is 35.5. The molecule has 0 bridgehead atoms. The van der Waals surface area contributed by atoms with Crippen molar-refractivity contribution in [3.63, 3.8) is 0 Å². The second kappa shape index (κ2) is 5.31. The second-order valence-corrected chi connectivity index (χ2v) is 4.67. The van der Waals surface area contributed by atoms with E-state index in [9.17, 15) is 0 Å². The molecule has 2 aromatic rings. The molecular weight excluding hydrogens is 248 g/mol. The van der Waals surface area contributed by atoms with Crippen LogP contribution in [0, 0.1) is 13.8 Å². The van der Waals surface area contributed by atoms with Crippen molar-refractivity contribution in [1.82, 2.24) is 15.0 Å². The Labute approximate surface area is 111 Å². The van der Waals surface area contributed by atoms with Crippen molar-refractivity contribution in [3.05, 3.63) is 46.5 Å². The first kappa shape index (κ1) is 12.8. The largest absolute Gasteiger partial charge is 0.346 e. The Balaban J connectivity index is 2.13. The van der Waals surface area contributed by atoms with Gasteiger partial charge in [0.25, 0.3) is 0 Å². The minimum atomic E-state index is 0.0318. The lowest BCUT2D eigenvalue weighted by Gasteiger charge is -2.13. The Morgan fingerprint density at radius 1 is 1.17 bits per heavy atom. The number of pyridine rings is 1. The van der Waals surface area contributed by atoms with Crippen LogP contribution in [-0.4, -0.2) is 15.0 Å². The highest BCUT2D eigenvalue weighted by molar-refractivity contribution is 6.30. The summed E-state index contributed by atoms with van der Waals surface area (Å²) < 4.78 is 0. The smallest absolute Gasteiger partial charge is 0.223 e. The van der Waals surface area contributed by atoms with Gasteiger partial charge in [0, 0.05) is 18.1 Å². The number of anilines is 1. The molecule has 0 aliphatic heterocycles. The highest BCUT2D eigenvalue weighted by Gasteiger charge is 2.08. The lowest BCUT2D eigenvalue weighted by Crippen LogP contribution is -2.11. The molecule has 5 heteroatoms. The zero-order valence-electron chi connectivity index (χ0n) is 10.6. The van der Waals surface area contributed by atoms with E-state index in [-0.39, 0.29) is 6.04 Å². The number of aromatic nitrogens is 3. The van der Waals surface area contributed by atoms with E-state index in [0.29, 0.717) is 11.0 Å². The number of rotatable bonds is 3. The van der Waals surface area contributed by atoms with Crippen LogP contribution in [0.5, 0.6) is 0 Å². The van der Waals surface area contributed by atoms with Gasteiger partial charge in [0.15, 0.2) is 0 Å². The van der Waals surface area contributed by atoms with Gasteiger partial charge >= 0.3 is 0 Å². The molecule has 0 saturated heterocycles. The van der Waals surface area contributed by atoms with Gasteiger partial charge < -0.3 is 5.32 Å². The predicted molar refractivity (Wildman–Crippen MR) is 72.8 cm³/mol. The molecule has 0 spiro atoms. The maximum absolute atomic E-state index is 5.81. The zero-order chi connectivity index (χ0) is 13.1. The first-order valence-corrected chi connectivity index (χ1v) is 6.12. The van der Waals surface area contributed by atoms with Gasteiger partial charge in [-0.3, -0.25) is 4.98 Å². The minimum absolute atomic E-state index is 0.0318. The molecule has 18 heavy (non-hydrogen) atoms. The number of nitrogens with one attached hydrogen (secondary N) is 1. The zero-order valence-corrected chi connectivity index (χ0v) is 11.4. The van der Waals surface area contributed by atoms with Crippen LogP contribution < -0.4 is 5.32 Å². The number of hydrogen-bond acceptors (Lipinski definition) is 4. The van der Waals surface area contributed by atoms with Crippen molar-refractivity contribution in [3.8, 4) is 0 Å². The lowest BCUT2D eigenvalue weighted by molar-refractivity contribution is 0.818. The fraction of sp³-hybridized carbons (Fsp3) is 0.308. The number of halogens is 1. The molecular formula is C13H15ClN4. The molecule has 0 aliphatic rings. The molecule has 2 heterocycles. The quantitative estimate of drug-likeness (QED) is 0.922. The van der Waals surface area contributed by atoms with Gasteiger partial charge in [-0.2, -0.15) is 0 Å². The van der Waals surface area contributed by atoms with E-state index in [1.807, 2.05) is 39.1 Å². The average molecular weight is 263 g/mol. The van der Waals surface area contributed by atoms with E-state index in [0.717, 1.165) is 17.0 Å². The fourth-order valence-electron chi connectivity index (χ4n) is 1.51. The van der Waals surface area contributed by atoms with Gasteiger partial charge in [-0.1, -0.05) is 11.6 Å². The van der Waals surface area contributed by atoms with E-state index in [4.69, 9.17) is 11.6 Å². The average Bonchev–Trinajstić information content (AvgIpc) is 2.34. The van der Waals surface area contributed by atoms with E-state index >= 15 is 0 Å². The Morgan fingerprint density at radius 2 is 1.94 bits per heavy atom. The maximum atomic E-state index is 5.81. The second-order valence-electron chi connectivity index (χ2n) is 4.23. The van der Waals surface area contributed by atoms with Crippen LogP contribution in [0.3, 0.4) is 0 Å². The SMILES string of the molecule is Cc1cnc(N[C@@H](C)c2ccc(Cl)cn2)nc1C. The molecule has 0 amide bonds. The van der Waals surface area contributed by atoms with E-state index < -0.39 is 0 Å². The van der Waals surface area contributed by atoms with Crippen LogP contribution in [0.1, 0.15) is 29.9 Å². The number of nitrogens with zero attached hydrogens (tertiary/aromatic N) is 3. The number of hydrogen-bond donors (Lipinski definition) is 1. The first-order valence-electron chi connectivity index (χ1n) is 5.74. The standard InChI is InChI=1S/C13H15ClN4/c1-8-6-16-13(17-9(8)2)18-10(3)12-5-4-11(14)7-15-12/h4-7,10H,1-3H3,(H,16,17,18)/t10-/m0/s1. The molecule has 0 fully saturated rings. The molecule has 0 saturated carbocycles. The molecule has 0 unspecified atom stereocenters. The van der Waals surface area contributed by atoms with Gasteiger partial charge in [0.1, 0.15) is 0 Å². The Bertz CT molecular complexity index is 539. The summed E-state index contributed by atoms with van der Waals surface area (Å²) in [4.78, 5) is 12.9. The molecule has 1 N–H and O–H groups in total. The van der Waals surface area contributed by atoms with Crippen LogP contribution in [0.2, 0.25) is 5.02 Å². The van der Waals surface area contributed by atoms with Crippen molar-refractivity contribution in [1.29, 1.82) is 0 Å². The van der Waals surface area contributed by atoms with Gasteiger partial charge in [-0.15, -0.1) is 0 Å². The molecule has 94 valence electrons. The summed E-state index contributed by atoms with van der Waals surface area (Å²) >= 11 is 5.81. The monoisotopic (exact) mass is 262 g/mol. The molecule has 2 rings (SSSR count). The third-order valence-electron chi connectivity index (χ3n) is 2.76. The van der Waals surface area contributed by atoms with E-state index in [1.165, 1.54) is 0 Å². The van der Waals surface area contributed by atoms with Crippen molar-refractivity contribution < 1.29 is 0 Å². The van der Waals surface area contributed by atoms with Crippen LogP contribution in [0.4, 0.5) is 5.95 Å². The van der Waals surface area contributed by atoms with Crippen LogP contribution >= 0.6 is 11.6 Å². The number of aryl methyl sites for hydroxylation is 2. The molecule has 0 aliphatic carbocycles. The van der Waals surface area contributed by atoms with Crippen molar-refractivity contribution in [2.45, 2.75) is 26.8 Å². The van der Waals surface area contributed by atoms with Gasteiger partial charge in [-0.25, -0.2) is 9.97 Å². The Kier molecular flexibility index (Phi) is 3.77. The van der Waals surface area contributed by atoms with Gasteiger partial charge in [-0.05, 0) is 38.5 Å². The van der Waals surface area contributed by atoms with Crippen molar-refractivity contribution >= 4 is 17.5 Å². The van der Waals surface area contributed by atoms with Crippen molar-refractivity contribution in [2.75, 3.05) is 5.32 Å². The third-order valence-corrected chi connectivity index (χ3v) is 2.99. The van der Waals surface area contributed by atoms with E-state index in [1.54, 1.807) is 6.20 Å². The molecule has 0 aromatic carbocycles. The van der Waals surface area contributed by atoms with Crippen LogP contribution in [0.25, 0.3) is 0 Å². The molecule has 2 aromatic heterocycles. The Morgan fingerprint density at radius 3 is 2.56 bits per heavy atom. The minimum Gasteiger partial charge on any atom is -0.346 e. The molecule has 0 radical (unpaired) electrons. The summed E-state index contributed by atoms with van der Waals surface area (Å²) in [6.45, 7) is 5.96. The summed E-state index contributed by atoms with van der Waals surface area (Å²) in [7, 11) is 0. The first-order chi connectivity index (χ1) is 8.56. The van der Waals surface area contributed by atoms with Gasteiger partial charge in [0.2, 0.25) is 5.95 Å². The maximum Gasteiger partial charge on any atom is 0.223 e. The normalized spacial score (nSPS) is 12.2. The van der Waals surface area contributed by atoms with Gasteiger partial charge in [0.05, 0.1) is 16.8 Å².